The summed E-state index contributed by atoms with van der Waals surface area (Å²) in [6, 6.07) is 7.65. The van der Waals surface area contributed by atoms with Crippen LogP contribution in [0.1, 0.15) is 25.1 Å². The lowest BCUT2D eigenvalue weighted by Crippen LogP contribution is -2.25. The lowest BCUT2D eigenvalue weighted by molar-refractivity contribution is 0.569. The van der Waals surface area contributed by atoms with Gasteiger partial charge in [0.05, 0.1) is 17.6 Å². The maximum atomic E-state index is 14.8. The lowest BCUT2D eigenvalue weighted by atomic mass is 9.88. The van der Waals surface area contributed by atoms with Crippen LogP contribution in [0, 0.1) is 18.6 Å². The van der Waals surface area contributed by atoms with Crippen LogP contribution in [0.15, 0.2) is 49.1 Å². The molecule has 0 atom stereocenters. The zero-order valence-electron chi connectivity index (χ0n) is 19.3. The first-order chi connectivity index (χ1) is 16.2. The minimum absolute atomic E-state index is 0.154. The Bertz CT molecular complexity index is 1360. The Morgan fingerprint density at radius 1 is 1.03 bits per heavy atom. The fourth-order valence-corrected chi connectivity index (χ4v) is 4.24. The third kappa shape index (κ3) is 3.81. The van der Waals surface area contributed by atoms with Crippen molar-refractivity contribution >= 4 is 29.0 Å². The first-order valence-corrected chi connectivity index (χ1v) is 10.8. The predicted molar refractivity (Wildman–Crippen MR) is 127 cm³/mol. The Morgan fingerprint density at radius 3 is 2.44 bits per heavy atom. The molecule has 4 aromatic rings. The third-order valence-corrected chi connectivity index (χ3v) is 5.79. The van der Waals surface area contributed by atoms with Gasteiger partial charge in [0.2, 0.25) is 5.95 Å². The molecule has 5 rings (SSSR count). The van der Waals surface area contributed by atoms with Crippen molar-refractivity contribution in [3.8, 4) is 5.82 Å². The molecule has 4 heterocycles. The molecule has 34 heavy (non-hydrogen) atoms. The second-order valence-electron chi connectivity index (χ2n) is 8.87. The van der Waals surface area contributed by atoms with E-state index in [-0.39, 0.29) is 17.1 Å². The number of hydrogen-bond donors (Lipinski definition) is 2. The highest BCUT2D eigenvalue weighted by molar-refractivity contribution is 5.76. The van der Waals surface area contributed by atoms with Crippen molar-refractivity contribution in [3.63, 3.8) is 0 Å². The van der Waals surface area contributed by atoms with Crippen molar-refractivity contribution in [2.75, 3.05) is 29.1 Å². The molecule has 0 spiro atoms. The minimum atomic E-state index is -0.508. The third-order valence-electron chi connectivity index (χ3n) is 5.79. The van der Waals surface area contributed by atoms with Crippen LogP contribution in [-0.2, 0) is 5.41 Å². The van der Waals surface area contributed by atoms with Gasteiger partial charge in [0.1, 0.15) is 23.8 Å². The van der Waals surface area contributed by atoms with Crippen LogP contribution in [0.2, 0.25) is 0 Å². The average molecular weight is 463 g/mol. The van der Waals surface area contributed by atoms with Crippen LogP contribution in [0.4, 0.5) is 37.7 Å². The van der Waals surface area contributed by atoms with Gasteiger partial charge in [-0.2, -0.15) is 9.97 Å². The molecule has 1 aromatic carbocycles. The van der Waals surface area contributed by atoms with Crippen molar-refractivity contribution in [1.29, 1.82) is 0 Å². The molecule has 0 bridgehead atoms. The SMILES string of the molecule is CNc1nc(Nc2cnc(-n3cnc(C)c3)c(F)c2)nc2c1C(C)(C)CN2c1ccc(F)cc1. The summed E-state index contributed by atoms with van der Waals surface area (Å²) in [5, 5.41) is 6.22. The molecule has 0 saturated carbocycles. The molecule has 0 unspecified atom stereocenters. The van der Waals surface area contributed by atoms with Gasteiger partial charge in [-0.05, 0) is 31.2 Å². The molecule has 0 amide bonds. The number of benzene rings is 1. The Kier molecular flexibility index (Phi) is 5.15. The highest BCUT2D eigenvalue weighted by Gasteiger charge is 2.40. The summed E-state index contributed by atoms with van der Waals surface area (Å²) < 4.78 is 29.8. The van der Waals surface area contributed by atoms with Crippen molar-refractivity contribution in [3.05, 3.63) is 71.9 Å². The normalized spacial score (nSPS) is 14.2. The second-order valence-corrected chi connectivity index (χ2v) is 8.87. The summed E-state index contributed by atoms with van der Waals surface area (Å²) in [5.74, 6) is 1.01. The molecule has 8 nitrogen and oxygen atoms in total. The van der Waals surface area contributed by atoms with Gasteiger partial charge in [-0.3, -0.25) is 4.57 Å². The van der Waals surface area contributed by atoms with E-state index in [1.807, 2.05) is 11.8 Å². The van der Waals surface area contributed by atoms with Gasteiger partial charge in [-0.1, -0.05) is 13.8 Å². The lowest BCUT2D eigenvalue weighted by Gasteiger charge is -2.21. The highest BCUT2D eigenvalue weighted by atomic mass is 19.1. The molecule has 1 aliphatic rings. The Labute approximate surface area is 195 Å². The minimum Gasteiger partial charge on any atom is -0.373 e. The zero-order valence-corrected chi connectivity index (χ0v) is 19.3. The van der Waals surface area contributed by atoms with Crippen LogP contribution in [0.5, 0.6) is 0 Å². The number of halogens is 2. The molecule has 0 aliphatic carbocycles. The van der Waals surface area contributed by atoms with E-state index < -0.39 is 5.82 Å². The Hall–Kier alpha value is -4.08. The molecule has 10 heteroatoms. The average Bonchev–Trinajstić information content (AvgIpc) is 3.34. The largest absolute Gasteiger partial charge is 0.373 e. The number of nitrogens with zero attached hydrogens (tertiary/aromatic N) is 6. The van der Waals surface area contributed by atoms with Crippen molar-refractivity contribution in [2.45, 2.75) is 26.2 Å². The Balaban J connectivity index is 1.52. The molecule has 0 fully saturated rings. The Morgan fingerprint density at radius 2 is 1.79 bits per heavy atom. The van der Waals surface area contributed by atoms with E-state index in [4.69, 9.17) is 4.98 Å². The standard InChI is InChI=1S/C24H24F2N8/c1-14-11-33(13-29-14)21-18(26)9-16(10-28-21)30-23-31-20(27-4)19-22(32-23)34(12-24(19,2)3)17-7-5-15(25)6-8-17/h5-11,13H,12H2,1-4H3,(H2,27,30,31,32). The maximum absolute atomic E-state index is 14.8. The van der Waals surface area contributed by atoms with E-state index in [1.54, 1.807) is 25.4 Å². The van der Waals surface area contributed by atoms with E-state index in [0.717, 1.165) is 16.9 Å². The molecule has 0 saturated heterocycles. The van der Waals surface area contributed by atoms with E-state index in [2.05, 4.69) is 39.4 Å². The van der Waals surface area contributed by atoms with E-state index in [1.165, 1.54) is 35.3 Å². The van der Waals surface area contributed by atoms with Gasteiger partial charge in [0.15, 0.2) is 11.6 Å². The molecular weight excluding hydrogens is 438 g/mol. The summed E-state index contributed by atoms with van der Waals surface area (Å²) in [7, 11) is 1.80. The van der Waals surface area contributed by atoms with Gasteiger partial charge in [0.25, 0.3) is 0 Å². The molecule has 0 radical (unpaired) electrons. The first-order valence-electron chi connectivity index (χ1n) is 10.8. The highest BCUT2D eigenvalue weighted by Crippen LogP contribution is 2.46. The van der Waals surface area contributed by atoms with Gasteiger partial charge in [-0.15, -0.1) is 0 Å². The molecule has 174 valence electrons. The maximum Gasteiger partial charge on any atom is 0.231 e. The predicted octanol–water partition coefficient (Wildman–Crippen LogP) is 4.86. The second kappa shape index (κ2) is 8.05. The number of pyridine rings is 1. The summed E-state index contributed by atoms with van der Waals surface area (Å²) in [6.07, 6.45) is 4.74. The summed E-state index contributed by atoms with van der Waals surface area (Å²) in [6.45, 7) is 6.70. The smallest absolute Gasteiger partial charge is 0.231 e. The zero-order chi connectivity index (χ0) is 24.0. The molecular formula is C24H24F2N8. The number of aryl methyl sites for hydroxylation is 1. The van der Waals surface area contributed by atoms with Gasteiger partial charge in [0, 0.05) is 42.5 Å². The van der Waals surface area contributed by atoms with Crippen LogP contribution in [0.25, 0.3) is 5.82 Å². The topological polar surface area (TPSA) is 83.8 Å². The van der Waals surface area contributed by atoms with Gasteiger partial charge in [-0.25, -0.2) is 18.7 Å². The van der Waals surface area contributed by atoms with Crippen LogP contribution >= 0.6 is 0 Å². The number of hydrogen-bond acceptors (Lipinski definition) is 7. The quantitative estimate of drug-likeness (QED) is 0.438. The molecule has 3 aromatic heterocycles. The number of nitrogens with one attached hydrogen (secondary N) is 2. The fourth-order valence-electron chi connectivity index (χ4n) is 4.24. The summed E-state index contributed by atoms with van der Waals surface area (Å²) >= 11 is 0. The molecule has 1 aliphatic heterocycles. The van der Waals surface area contributed by atoms with Crippen molar-refractivity contribution < 1.29 is 8.78 Å². The van der Waals surface area contributed by atoms with Crippen LogP contribution in [0.3, 0.4) is 0 Å². The first kappa shape index (κ1) is 21.7. The number of fused-ring (bicyclic) bond motifs is 1. The number of aromatic nitrogens is 5. The number of imidazole rings is 1. The van der Waals surface area contributed by atoms with E-state index in [9.17, 15) is 8.78 Å². The van der Waals surface area contributed by atoms with E-state index >= 15 is 0 Å². The fraction of sp³-hybridized carbons (Fsp3) is 0.250. The summed E-state index contributed by atoms with van der Waals surface area (Å²) in [4.78, 5) is 19.8. The summed E-state index contributed by atoms with van der Waals surface area (Å²) in [5.41, 5.74) is 2.71. The monoisotopic (exact) mass is 462 g/mol. The van der Waals surface area contributed by atoms with E-state index in [0.29, 0.717) is 29.8 Å². The van der Waals surface area contributed by atoms with Gasteiger partial charge < -0.3 is 15.5 Å². The van der Waals surface area contributed by atoms with Crippen molar-refractivity contribution in [2.24, 2.45) is 0 Å². The number of anilines is 5. The van der Waals surface area contributed by atoms with Gasteiger partial charge >= 0.3 is 0 Å². The van der Waals surface area contributed by atoms with Crippen LogP contribution in [-0.4, -0.2) is 38.1 Å². The van der Waals surface area contributed by atoms with Crippen molar-refractivity contribution in [1.82, 2.24) is 24.5 Å². The van der Waals surface area contributed by atoms with Crippen LogP contribution < -0.4 is 15.5 Å². The molecule has 2 N–H and O–H groups in total. The number of rotatable bonds is 5.